The van der Waals surface area contributed by atoms with Gasteiger partial charge in [-0.25, -0.2) is 0 Å². The van der Waals surface area contributed by atoms with Gasteiger partial charge in [0.15, 0.2) is 5.76 Å². The number of carbonyl (C=O) groups excluding carboxylic acids is 2. The molecule has 0 spiro atoms. The van der Waals surface area contributed by atoms with E-state index >= 15 is 0 Å². The van der Waals surface area contributed by atoms with Gasteiger partial charge in [0.05, 0.1) is 0 Å². The number of nitrogens with zero attached hydrogens (tertiary/aromatic N) is 1. The maximum atomic E-state index is 13.0. The van der Waals surface area contributed by atoms with E-state index in [2.05, 4.69) is 24.4 Å². The number of rotatable bonds is 3. The number of fused-ring (bicyclic) bond motifs is 1. The Hall–Kier alpha value is -2.30. The number of hydrogen-bond acceptors (Lipinski definition) is 3. The Bertz CT molecular complexity index is 778. The van der Waals surface area contributed by atoms with Crippen molar-refractivity contribution in [3.8, 4) is 0 Å². The Kier molecular flexibility index (Phi) is 4.60. The summed E-state index contributed by atoms with van der Waals surface area (Å²) < 4.78 is 5.87. The van der Waals surface area contributed by atoms with Gasteiger partial charge in [0.1, 0.15) is 5.58 Å². The average Bonchev–Trinajstić information content (AvgIpc) is 2.79. The van der Waals surface area contributed by atoms with Gasteiger partial charge in [-0.15, -0.1) is 0 Å². The predicted octanol–water partition coefficient (Wildman–Crippen LogP) is 3.04. The number of hydrogen-bond donors (Lipinski definition) is 1. The lowest BCUT2D eigenvalue weighted by molar-refractivity contribution is -0.120. The summed E-state index contributed by atoms with van der Waals surface area (Å²) in [5, 5.41) is 3.83. The lowest BCUT2D eigenvalue weighted by atomic mass is 10.1. The molecule has 1 atom stereocenters. The van der Waals surface area contributed by atoms with Crippen LogP contribution in [0, 0.1) is 6.92 Å². The number of carbonyl (C=O) groups is 2. The first-order valence-corrected chi connectivity index (χ1v) is 8.61. The second kappa shape index (κ2) is 6.67. The summed E-state index contributed by atoms with van der Waals surface area (Å²) in [6, 6.07) is 6.07. The van der Waals surface area contributed by atoms with Crippen LogP contribution in [0.2, 0.25) is 0 Å². The quantitative estimate of drug-likeness (QED) is 0.942. The minimum absolute atomic E-state index is 0.0114. The van der Waals surface area contributed by atoms with Gasteiger partial charge in [-0.05, 0) is 38.0 Å². The van der Waals surface area contributed by atoms with Crippen LogP contribution in [0.3, 0.4) is 0 Å². The van der Waals surface area contributed by atoms with Crippen LogP contribution >= 0.6 is 0 Å². The summed E-state index contributed by atoms with van der Waals surface area (Å²) in [4.78, 5) is 26.3. The number of benzene rings is 1. The molecule has 0 unspecified atom stereocenters. The van der Waals surface area contributed by atoms with Gasteiger partial charge in [0.2, 0.25) is 5.91 Å². The van der Waals surface area contributed by atoms with E-state index in [4.69, 9.17) is 4.42 Å². The maximum Gasteiger partial charge on any atom is 0.290 e. The van der Waals surface area contributed by atoms with Crippen LogP contribution in [0.4, 0.5) is 0 Å². The molecule has 0 aliphatic carbocycles. The standard InChI is InChI=1S/C19H24N2O3/c1-4-5-14-6-7-16-15(10-14)13(3)18(24-16)19(23)21-9-8-17(22)20-11-12(21)2/h6-7,10,12H,4-5,8-9,11H2,1-3H3,(H,20,22)/t12-/m1/s1. The first-order valence-electron chi connectivity index (χ1n) is 8.61. The van der Waals surface area contributed by atoms with Gasteiger partial charge in [-0.1, -0.05) is 19.4 Å². The summed E-state index contributed by atoms with van der Waals surface area (Å²) in [5.74, 6) is 0.243. The molecule has 24 heavy (non-hydrogen) atoms. The Balaban J connectivity index is 1.94. The molecule has 1 aliphatic heterocycles. The van der Waals surface area contributed by atoms with Crippen molar-refractivity contribution in [2.24, 2.45) is 0 Å². The zero-order valence-corrected chi connectivity index (χ0v) is 14.5. The third-order valence-electron chi connectivity index (χ3n) is 4.70. The maximum absolute atomic E-state index is 13.0. The molecule has 1 saturated heterocycles. The third-order valence-corrected chi connectivity index (χ3v) is 4.70. The second-order valence-corrected chi connectivity index (χ2v) is 6.54. The molecular formula is C19H24N2O3. The molecule has 2 amide bonds. The summed E-state index contributed by atoms with van der Waals surface area (Å²) in [6.07, 6.45) is 2.43. The first kappa shape index (κ1) is 16.6. The van der Waals surface area contributed by atoms with Crippen LogP contribution in [0.1, 0.15) is 48.4 Å². The minimum atomic E-state index is -0.134. The van der Waals surface area contributed by atoms with Gasteiger partial charge < -0.3 is 14.6 Å². The molecule has 0 bridgehead atoms. The average molecular weight is 328 g/mol. The van der Waals surface area contributed by atoms with Crippen molar-refractivity contribution in [1.29, 1.82) is 0 Å². The largest absolute Gasteiger partial charge is 0.451 e. The Morgan fingerprint density at radius 3 is 2.96 bits per heavy atom. The van der Waals surface area contributed by atoms with Gasteiger partial charge in [0, 0.05) is 36.5 Å². The molecule has 1 aromatic heterocycles. The van der Waals surface area contributed by atoms with E-state index in [-0.39, 0.29) is 17.9 Å². The molecule has 1 aliphatic rings. The smallest absolute Gasteiger partial charge is 0.290 e. The molecule has 1 aromatic carbocycles. The van der Waals surface area contributed by atoms with Crippen molar-refractivity contribution in [3.05, 3.63) is 35.1 Å². The van der Waals surface area contributed by atoms with Crippen LogP contribution < -0.4 is 5.32 Å². The fourth-order valence-electron chi connectivity index (χ4n) is 3.25. The Morgan fingerprint density at radius 2 is 2.21 bits per heavy atom. The van der Waals surface area contributed by atoms with Crippen molar-refractivity contribution in [3.63, 3.8) is 0 Å². The number of amides is 2. The minimum Gasteiger partial charge on any atom is -0.451 e. The summed E-state index contributed by atoms with van der Waals surface area (Å²) in [5.41, 5.74) is 2.88. The van der Waals surface area contributed by atoms with Gasteiger partial charge in [-0.3, -0.25) is 9.59 Å². The van der Waals surface area contributed by atoms with Crippen LogP contribution in [0.15, 0.2) is 22.6 Å². The van der Waals surface area contributed by atoms with Crippen LogP contribution in [-0.4, -0.2) is 35.8 Å². The van der Waals surface area contributed by atoms with E-state index in [1.807, 2.05) is 19.9 Å². The van der Waals surface area contributed by atoms with E-state index in [0.29, 0.717) is 25.3 Å². The predicted molar refractivity (Wildman–Crippen MR) is 93.1 cm³/mol. The molecule has 2 aromatic rings. The fraction of sp³-hybridized carbons (Fsp3) is 0.474. The molecule has 1 N–H and O–H groups in total. The number of furan rings is 1. The highest BCUT2D eigenvalue weighted by Crippen LogP contribution is 2.28. The highest BCUT2D eigenvalue weighted by atomic mass is 16.3. The summed E-state index contributed by atoms with van der Waals surface area (Å²) in [7, 11) is 0. The zero-order chi connectivity index (χ0) is 17.3. The first-order chi connectivity index (χ1) is 11.5. The van der Waals surface area contributed by atoms with E-state index in [1.54, 1.807) is 4.90 Å². The molecule has 5 heteroatoms. The molecule has 5 nitrogen and oxygen atoms in total. The number of nitrogens with one attached hydrogen (secondary N) is 1. The third kappa shape index (κ3) is 3.03. The molecule has 1 fully saturated rings. The highest BCUT2D eigenvalue weighted by molar-refractivity contribution is 5.99. The fourth-order valence-corrected chi connectivity index (χ4v) is 3.25. The second-order valence-electron chi connectivity index (χ2n) is 6.54. The van der Waals surface area contributed by atoms with Crippen LogP contribution in [-0.2, 0) is 11.2 Å². The zero-order valence-electron chi connectivity index (χ0n) is 14.5. The molecule has 0 saturated carbocycles. The lowest BCUT2D eigenvalue weighted by Crippen LogP contribution is -2.41. The SMILES string of the molecule is CCCc1ccc2oc(C(=O)N3CCC(=O)NC[C@H]3C)c(C)c2c1. The summed E-state index contributed by atoms with van der Waals surface area (Å²) in [6.45, 7) is 6.92. The van der Waals surface area contributed by atoms with Crippen molar-refractivity contribution in [2.45, 2.75) is 46.1 Å². The van der Waals surface area contributed by atoms with E-state index in [1.165, 1.54) is 5.56 Å². The van der Waals surface area contributed by atoms with Crippen molar-refractivity contribution >= 4 is 22.8 Å². The topological polar surface area (TPSA) is 62.6 Å². The molecule has 0 radical (unpaired) electrons. The van der Waals surface area contributed by atoms with Crippen molar-refractivity contribution in [2.75, 3.05) is 13.1 Å². The van der Waals surface area contributed by atoms with Gasteiger partial charge in [0.25, 0.3) is 5.91 Å². The molecular weight excluding hydrogens is 304 g/mol. The Labute approximate surface area is 142 Å². The van der Waals surface area contributed by atoms with Gasteiger partial charge in [-0.2, -0.15) is 0 Å². The summed E-state index contributed by atoms with van der Waals surface area (Å²) >= 11 is 0. The van der Waals surface area contributed by atoms with Crippen molar-refractivity contribution < 1.29 is 14.0 Å². The highest BCUT2D eigenvalue weighted by Gasteiger charge is 2.29. The normalized spacial score (nSPS) is 18.5. The van der Waals surface area contributed by atoms with E-state index in [9.17, 15) is 9.59 Å². The number of aryl methyl sites for hydroxylation is 2. The van der Waals surface area contributed by atoms with Crippen LogP contribution in [0.5, 0.6) is 0 Å². The van der Waals surface area contributed by atoms with Gasteiger partial charge >= 0.3 is 0 Å². The van der Waals surface area contributed by atoms with Crippen molar-refractivity contribution in [1.82, 2.24) is 10.2 Å². The van der Waals surface area contributed by atoms with Crippen LogP contribution in [0.25, 0.3) is 11.0 Å². The Morgan fingerprint density at radius 1 is 1.42 bits per heavy atom. The lowest BCUT2D eigenvalue weighted by Gasteiger charge is -2.25. The molecule has 2 heterocycles. The molecule has 3 rings (SSSR count). The van der Waals surface area contributed by atoms with E-state index < -0.39 is 0 Å². The monoisotopic (exact) mass is 328 g/mol. The molecule has 128 valence electrons. The van der Waals surface area contributed by atoms with E-state index in [0.717, 1.165) is 29.4 Å².